The molecule has 144 valence electrons. The van der Waals surface area contributed by atoms with E-state index in [-0.39, 0.29) is 24.2 Å². The predicted molar refractivity (Wildman–Crippen MR) is 109 cm³/mol. The second-order valence-electron chi connectivity index (χ2n) is 6.15. The maximum Gasteiger partial charge on any atom is 0.358 e. The van der Waals surface area contributed by atoms with Gasteiger partial charge < -0.3 is 15.4 Å². The lowest BCUT2D eigenvalue weighted by Crippen LogP contribution is -2.31. The summed E-state index contributed by atoms with van der Waals surface area (Å²) in [5.74, 6) is -0.978. The van der Waals surface area contributed by atoms with Gasteiger partial charge >= 0.3 is 5.97 Å². The number of aromatic nitrogens is 1. The molecule has 0 bridgehead atoms. The Balaban J connectivity index is 1.44. The van der Waals surface area contributed by atoms with E-state index < -0.39 is 5.97 Å². The molecule has 28 heavy (non-hydrogen) atoms. The molecule has 3 aromatic rings. The van der Waals surface area contributed by atoms with Gasteiger partial charge in [0, 0.05) is 11.9 Å². The Morgan fingerprint density at radius 1 is 1.07 bits per heavy atom. The largest absolute Gasteiger partial charge is 0.451 e. The fraction of sp³-hybridized carbons (Fsp3) is 0.190. The van der Waals surface area contributed by atoms with Crippen molar-refractivity contribution in [1.82, 2.24) is 10.3 Å². The van der Waals surface area contributed by atoms with Crippen molar-refractivity contribution in [2.24, 2.45) is 0 Å². The molecule has 0 spiro atoms. The number of nitrogens with one attached hydrogen (secondary N) is 2. The molecule has 2 aromatic carbocycles. The second-order valence-corrected chi connectivity index (χ2v) is 7.01. The number of anilines is 1. The van der Waals surface area contributed by atoms with Crippen molar-refractivity contribution in [3.05, 3.63) is 82.9 Å². The molecule has 0 aliphatic heterocycles. The summed E-state index contributed by atoms with van der Waals surface area (Å²) >= 11 is 1.32. The van der Waals surface area contributed by atoms with Gasteiger partial charge in [-0.25, -0.2) is 9.78 Å². The van der Waals surface area contributed by atoms with Crippen LogP contribution in [0, 0.1) is 0 Å². The second kappa shape index (κ2) is 9.66. The van der Waals surface area contributed by atoms with E-state index in [0.717, 1.165) is 11.1 Å². The van der Waals surface area contributed by atoms with E-state index in [1.54, 1.807) is 5.38 Å². The summed E-state index contributed by atoms with van der Waals surface area (Å²) in [6.45, 7) is 2.14. The first-order valence-corrected chi connectivity index (χ1v) is 9.74. The monoisotopic (exact) mass is 395 g/mol. The molecule has 1 atom stereocenters. The van der Waals surface area contributed by atoms with E-state index in [1.165, 1.54) is 11.3 Å². The van der Waals surface area contributed by atoms with E-state index in [9.17, 15) is 9.59 Å². The van der Waals surface area contributed by atoms with Crippen LogP contribution in [0.3, 0.4) is 0 Å². The van der Waals surface area contributed by atoms with Gasteiger partial charge in [0.2, 0.25) is 0 Å². The van der Waals surface area contributed by atoms with E-state index in [1.807, 2.05) is 67.6 Å². The number of amides is 1. The molecule has 0 fully saturated rings. The zero-order chi connectivity index (χ0) is 19.8. The Morgan fingerprint density at radius 2 is 1.75 bits per heavy atom. The van der Waals surface area contributed by atoms with Crippen molar-refractivity contribution in [3.63, 3.8) is 0 Å². The minimum absolute atomic E-state index is 0.166. The van der Waals surface area contributed by atoms with Gasteiger partial charge in [0.05, 0.1) is 6.04 Å². The zero-order valence-corrected chi connectivity index (χ0v) is 16.2. The Hall–Kier alpha value is -3.19. The van der Waals surface area contributed by atoms with Crippen molar-refractivity contribution >= 4 is 28.3 Å². The Morgan fingerprint density at radius 3 is 2.46 bits per heavy atom. The molecule has 1 aromatic heterocycles. The number of ether oxygens (including phenoxy) is 1. The summed E-state index contributed by atoms with van der Waals surface area (Å²) < 4.78 is 5.07. The van der Waals surface area contributed by atoms with E-state index in [2.05, 4.69) is 15.6 Å². The van der Waals surface area contributed by atoms with Gasteiger partial charge in [0.15, 0.2) is 17.4 Å². The molecule has 3 rings (SSSR count). The topological polar surface area (TPSA) is 80.3 Å². The highest BCUT2D eigenvalue weighted by atomic mass is 32.1. The van der Waals surface area contributed by atoms with E-state index in [4.69, 9.17) is 4.74 Å². The van der Waals surface area contributed by atoms with Crippen LogP contribution in [0.25, 0.3) is 0 Å². The van der Waals surface area contributed by atoms with Crippen molar-refractivity contribution in [2.75, 3.05) is 11.9 Å². The number of thiazole rings is 1. The first-order valence-electron chi connectivity index (χ1n) is 8.86. The lowest BCUT2D eigenvalue weighted by molar-refractivity contribution is -0.124. The van der Waals surface area contributed by atoms with Crippen molar-refractivity contribution in [1.29, 1.82) is 0 Å². The summed E-state index contributed by atoms with van der Waals surface area (Å²) in [4.78, 5) is 28.3. The van der Waals surface area contributed by atoms with Crippen LogP contribution in [-0.4, -0.2) is 23.5 Å². The number of benzene rings is 2. The summed E-state index contributed by atoms with van der Waals surface area (Å²) in [6, 6.07) is 19.3. The molecule has 0 unspecified atom stereocenters. The summed E-state index contributed by atoms with van der Waals surface area (Å²) in [6.07, 6.45) is 0. The third-order valence-electron chi connectivity index (χ3n) is 4.01. The highest BCUT2D eigenvalue weighted by molar-refractivity contribution is 7.13. The summed E-state index contributed by atoms with van der Waals surface area (Å²) in [7, 11) is 0. The molecule has 0 aliphatic rings. The van der Waals surface area contributed by atoms with Gasteiger partial charge in [-0.15, -0.1) is 11.3 Å². The van der Waals surface area contributed by atoms with Crippen molar-refractivity contribution in [2.45, 2.75) is 19.5 Å². The number of esters is 1. The molecule has 7 heteroatoms. The smallest absolute Gasteiger partial charge is 0.358 e. The number of hydrogen-bond donors (Lipinski definition) is 2. The first-order chi connectivity index (χ1) is 13.6. The normalized spacial score (nSPS) is 11.5. The Labute approximate surface area is 167 Å². The number of carbonyl (C=O) groups excluding carboxylic acids is 2. The predicted octanol–water partition coefficient (Wildman–Crippen LogP) is 3.79. The molecule has 0 aliphatic carbocycles. The van der Waals surface area contributed by atoms with Gasteiger partial charge in [0.1, 0.15) is 0 Å². The lowest BCUT2D eigenvalue weighted by atomic mass is 10.1. The number of carbonyl (C=O) groups is 2. The standard InChI is InChI=1S/C21H21N3O3S/c1-15(17-10-6-3-7-11-17)23-19(25)13-27-20(26)18-14-28-21(24-18)22-12-16-8-4-2-5-9-16/h2-11,14-15H,12-13H2,1H3,(H,22,24)(H,23,25)/t15-/m1/s1. The summed E-state index contributed by atoms with van der Waals surface area (Å²) in [5, 5.41) is 8.20. The average Bonchev–Trinajstić information content (AvgIpc) is 3.21. The van der Waals surface area contributed by atoms with Crippen LogP contribution < -0.4 is 10.6 Å². The maximum atomic E-state index is 12.1. The van der Waals surface area contributed by atoms with Crippen LogP contribution >= 0.6 is 11.3 Å². The fourth-order valence-electron chi connectivity index (χ4n) is 2.54. The van der Waals surface area contributed by atoms with Crippen LogP contribution in [0.2, 0.25) is 0 Å². The van der Waals surface area contributed by atoms with Gasteiger partial charge in [-0.05, 0) is 18.1 Å². The highest BCUT2D eigenvalue weighted by Gasteiger charge is 2.15. The minimum Gasteiger partial charge on any atom is -0.451 e. The van der Waals surface area contributed by atoms with Crippen LogP contribution in [0.1, 0.15) is 34.6 Å². The van der Waals surface area contributed by atoms with Gasteiger partial charge in [-0.2, -0.15) is 0 Å². The van der Waals surface area contributed by atoms with Gasteiger partial charge in [0.25, 0.3) is 5.91 Å². The Kier molecular flexibility index (Phi) is 6.75. The molecule has 2 N–H and O–H groups in total. The maximum absolute atomic E-state index is 12.1. The third-order valence-corrected chi connectivity index (χ3v) is 4.81. The minimum atomic E-state index is -0.619. The first kappa shape index (κ1) is 19.6. The number of hydrogen-bond acceptors (Lipinski definition) is 6. The lowest BCUT2D eigenvalue weighted by Gasteiger charge is -2.14. The fourth-order valence-corrected chi connectivity index (χ4v) is 3.21. The van der Waals surface area contributed by atoms with Crippen molar-refractivity contribution < 1.29 is 14.3 Å². The number of nitrogens with zero attached hydrogens (tertiary/aromatic N) is 1. The summed E-state index contributed by atoms with van der Waals surface area (Å²) in [5.41, 5.74) is 2.28. The molecule has 1 amide bonds. The molecule has 0 radical (unpaired) electrons. The van der Waals surface area contributed by atoms with Gasteiger partial charge in [-0.3, -0.25) is 4.79 Å². The molecule has 0 saturated carbocycles. The average molecular weight is 395 g/mol. The van der Waals surface area contributed by atoms with Crippen LogP contribution in [0.15, 0.2) is 66.0 Å². The van der Waals surface area contributed by atoms with Crippen LogP contribution in [0.4, 0.5) is 5.13 Å². The van der Waals surface area contributed by atoms with Crippen molar-refractivity contribution in [3.8, 4) is 0 Å². The number of rotatable bonds is 8. The highest BCUT2D eigenvalue weighted by Crippen LogP contribution is 2.17. The molecular weight excluding hydrogens is 374 g/mol. The molecular formula is C21H21N3O3S. The van der Waals surface area contributed by atoms with E-state index in [0.29, 0.717) is 11.7 Å². The van der Waals surface area contributed by atoms with Crippen LogP contribution in [0.5, 0.6) is 0 Å². The van der Waals surface area contributed by atoms with E-state index >= 15 is 0 Å². The molecule has 0 saturated heterocycles. The molecule has 1 heterocycles. The third kappa shape index (κ3) is 5.65. The molecule has 6 nitrogen and oxygen atoms in total. The SMILES string of the molecule is C[C@@H](NC(=O)COC(=O)c1csc(NCc2ccccc2)n1)c1ccccc1. The zero-order valence-electron chi connectivity index (χ0n) is 15.4. The Bertz CT molecular complexity index is 913. The van der Waals surface area contributed by atoms with Gasteiger partial charge in [-0.1, -0.05) is 60.7 Å². The van der Waals surface area contributed by atoms with Crippen LogP contribution in [-0.2, 0) is 16.1 Å². The quantitative estimate of drug-likeness (QED) is 0.567.